The van der Waals surface area contributed by atoms with Crippen LogP contribution >= 0.6 is 11.5 Å². The first-order valence-corrected chi connectivity index (χ1v) is 6.30. The third-order valence-corrected chi connectivity index (χ3v) is 3.97. The Hall–Kier alpha value is -0.410. The van der Waals surface area contributed by atoms with E-state index in [1.165, 1.54) is 25.0 Å². The molecule has 1 aliphatic rings. The van der Waals surface area contributed by atoms with Crippen molar-refractivity contribution in [2.24, 2.45) is 11.7 Å². The Bertz CT molecular complexity index is 271. The molecule has 1 heterocycles. The van der Waals surface area contributed by atoms with Crippen LogP contribution in [0.2, 0.25) is 0 Å². The highest BCUT2D eigenvalue weighted by molar-refractivity contribution is 7.03. The molecule has 0 aliphatic heterocycles. The summed E-state index contributed by atoms with van der Waals surface area (Å²) >= 11 is 1.56. The zero-order valence-corrected chi connectivity index (χ0v) is 9.46. The van der Waals surface area contributed by atoms with E-state index in [9.17, 15) is 0 Å². The van der Waals surface area contributed by atoms with Crippen LogP contribution in [-0.2, 0) is 0 Å². The molecule has 78 valence electrons. The van der Waals surface area contributed by atoms with Crippen LogP contribution in [0.1, 0.15) is 44.2 Å². The second-order valence-electron chi connectivity index (χ2n) is 4.27. The van der Waals surface area contributed by atoms with Gasteiger partial charge in [0.05, 0.1) is 5.69 Å². The van der Waals surface area contributed by atoms with Crippen molar-refractivity contribution in [1.82, 2.24) is 4.37 Å². The topological polar surface area (TPSA) is 38.9 Å². The summed E-state index contributed by atoms with van der Waals surface area (Å²) in [5, 5.41) is 2.07. The van der Waals surface area contributed by atoms with Crippen LogP contribution in [0, 0.1) is 5.92 Å². The van der Waals surface area contributed by atoms with Crippen molar-refractivity contribution in [2.45, 2.75) is 44.6 Å². The summed E-state index contributed by atoms with van der Waals surface area (Å²) in [6.45, 7) is 2.28. The normalized spacial score (nSPS) is 33.1. The van der Waals surface area contributed by atoms with Gasteiger partial charge in [-0.2, -0.15) is 4.37 Å². The molecule has 1 aromatic rings. The second kappa shape index (κ2) is 4.41. The summed E-state index contributed by atoms with van der Waals surface area (Å²) in [5.74, 6) is 1.42. The SMILES string of the molecule is CCC1CCC(N)CC1c1ccsn1. The maximum Gasteiger partial charge on any atom is 0.0576 e. The third-order valence-electron chi connectivity index (χ3n) is 3.40. The van der Waals surface area contributed by atoms with E-state index in [-0.39, 0.29) is 0 Å². The highest BCUT2D eigenvalue weighted by Gasteiger charge is 2.29. The van der Waals surface area contributed by atoms with E-state index in [0.717, 1.165) is 12.3 Å². The van der Waals surface area contributed by atoms with Crippen molar-refractivity contribution < 1.29 is 0 Å². The van der Waals surface area contributed by atoms with Gasteiger partial charge in [-0.15, -0.1) is 0 Å². The van der Waals surface area contributed by atoms with Crippen LogP contribution in [0.5, 0.6) is 0 Å². The summed E-state index contributed by atoms with van der Waals surface area (Å²) in [7, 11) is 0. The molecule has 0 aromatic carbocycles. The summed E-state index contributed by atoms with van der Waals surface area (Å²) < 4.78 is 4.46. The molecule has 2 N–H and O–H groups in total. The predicted octanol–water partition coefficient (Wildman–Crippen LogP) is 2.76. The first kappa shape index (κ1) is 10.1. The van der Waals surface area contributed by atoms with Crippen LogP contribution in [0.25, 0.3) is 0 Å². The van der Waals surface area contributed by atoms with Crippen LogP contribution < -0.4 is 5.73 Å². The van der Waals surface area contributed by atoms with Crippen molar-refractivity contribution in [3.8, 4) is 0 Å². The minimum absolute atomic E-state index is 0.393. The number of hydrogen-bond donors (Lipinski definition) is 1. The molecule has 0 radical (unpaired) electrons. The van der Waals surface area contributed by atoms with E-state index < -0.39 is 0 Å². The molecular weight excluding hydrogens is 192 g/mol. The minimum atomic E-state index is 0.393. The van der Waals surface area contributed by atoms with Crippen LogP contribution in [-0.4, -0.2) is 10.4 Å². The molecule has 0 amide bonds. The van der Waals surface area contributed by atoms with Gasteiger partial charge in [-0.3, -0.25) is 0 Å². The Balaban J connectivity index is 2.13. The fourth-order valence-electron chi connectivity index (χ4n) is 2.53. The lowest BCUT2D eigenvalue weighted by Gasteiger charge is -2.33. The Morgan fingerprint density at radius 2 is 2.43 bits per heavy atom. The van der Waals surface area contributed by atoms with Crippen molar-refractivity contribution >= 4 is 11.5 Å². The van der Waals surface area contributed by atoms with Crippen molar-refractivity contribution in [3.63, 3.8) is 0 Å². The van der Waals surface area contributed by atoms with Gasteiger partial charge in [-0.25, -0.2) is 0 Å². The molecule has 2 rings (SSSR count). The van der Waals surface area contributed by atoms with Gasteiger partial charge in [0.25, 0.3) is 0 Å². The fraction of sp³-hybridized carbons (Fsp3) is 0.727. The Morgan fingerprint density at radius 1 is 1.57 bits per heavy atom. The van der Waals surface area contributed by atoms with Gasteiger partial charge in [-0.1, -0.05) is 13.3 Å². The van der Waals surface area contributed by atoms with Crippen LogP contribution in [0.4, 0.5) is 0 Å². The molecule has 14 heavy (non-hydrogen) atoms. The van der Waals surface area contributed by atoms with E-state index in [0.29, 0.717) is 12.0 Å². The van der Waals surface area contributed by atoms with E-state index in [1.807, 2.05) is 0 Å². The maximum absolute atomic E-state index is 6.02. The standard InChI is InChI=1S/C11H18N2S/c1-2-8-3-4-9(12)7-10(8)11-5-6-14-13-11/h5-6,8-10H,2-4,7,12H2,1H3. The molecule has 2 nitrogen and oxygen atoms in total. The number of hydrogen-bond acceptors (Lipinski definition) is 3. The molecule has 0 bridgehead atoms. The summed E-state index contributed by atoms with van der Waals surface area (Å²) in [4.78, 5) is 0. The predicted molar refractivity (Wildman–Crippen MR) is 60.5 cm³/mol. The molecule has 0 saturated heterocycles. The zero-order chi connectivity index (χ0) is 9.97. The number of rotatable bonds is 2. The first-order valence-electron chi connectivity index (χ1n) is 5.47. The highest BCUT2D eigenvalue weighted by Crippen LogP contribution is 2.38. The van der Waals surface area contributed by atoms with Gasteiger partial charge < -0.3 is 5.73 Å². The highest BCUT2D eigenvalue weighted by atomic mass is 32.1. The van der Waals surface area contributed by atoms with E-state index in [2.05, 4.69) is 22.7 Å². The van der Waals surface area contributed by atoms with E-state index in [1.54, 1.807) is 11.5 Å². The van der Waals surface area contributed by atoms with Gasteiger partial charge >= 0.3 is 0 Å². The molecular formula is C11H18N2S. The molecule has 3 heteroatoms. The molecule has 1 fully saturated rings. The average Bonchev–Trinajstić information content (AvgIpc) is 2.70. The van der Waals surface area contributed by atoms with Crippen LogP contribution in [0.3, 0.4) is 0 Å². The number of nitrogens with two attached hydrogens (primary N) is 1. The zero-order valence-electron chi connectivity index (χ0n) is 8.65. The number of aromatic nitrogens is 1. The Kier molecular flexibility index (Phi) is 3.19. The Morgan fingerprint density at radius 3 is 3.07 bits per heavy atom. The average molecular weight is 210 g/mol. The lowest BCUT2D eigenvalue weighted by atomic mass is 9.74. The lowest BCUT2D eigenvalue weighted by Crippen LogP contribution is -2.32. The number of nitrogens with zero attached hydrogens (tertiary/aromatic N) is 1. The lowest BCUT2D eigenvalue weighted by molar-refractivity contribution is 0.270. The second-order valence-corrected chi connectivity index (χ2v) is 4.94. The molecule has 1 aromatic heterocycles. The van der Waals surface area contributed by atoms with Crippen molar-refractivity contribution in [1.29, 1.82) is 0 Å². The molecule has 3 unspecified atom stereocenters. The van der Waals surface area contributed by atoms with Gasteiger partial charge in [0.2, 0.25) is 0 Å². The quantitative estimate of drug-likeness (QED) is 0.815. The van der Waals surface area contributed by atoms with E-state index >= 15 is 0 Å². The first-order chi connectivity index (χ1) is 6.81. The monoisotopic (exact) mass is 210 g/mol. The Labute approximate surface area is 89.7 Å². The van der Waals surface area contributed by atoms with Gasteiger partial charge in [0.1, 0.15) is 0 Å². The van der Waals surface area contributed by atoms with Gasteiger partial charge in [0, 0.05) is 17.3 Å². The van der Waals surface area contributed by atoms with Crippen molar-refractivity contribution in [2.75, 3.05) is 0 Å². The summed E-state index contributed by atoms with van der Waals surface area (Å²) in [6, 6.07) is 2.56. The van der Waals surface area contributed by atoms with Gasteiger partial charge in [-0.05, 0) is 42.8 Å². The smallest absolute Gasteiger partial charge is 0.0576 e. The minimum Gasteiger partial charge on any atom is -0.328 e. The maximum atomic E-state index is 6.02. The van der Waals surface area contributed by atoms with E-state index in [4.69, 9.17) is 5.73 Å². The fourth-order valence-corrected chi connectivity index (χ4v) is 3.11. The van der Waals surface area contributed by atoms with Crippen molar-refractivity contribution in [3.05, 3.63) is 17.1 Å². The molecule has 1 saturated carbocycles. The molecule has 3 atom stereocenters. The summed E-state index contributed by atoms with van der Waals surface area (Å²) in [6.07, 6.45) is 4.86. The third kappa shape index (κ3) is 1.98. The van der Waals surface area contributed by atoms with Crippen LogP contribution in [0.15, 0.2) is 11.4 Å². The molecule has 0 spiro atoms. The molecule has 1 aliphatic carbocycles. The van der Waals surface area contributed by atoms with Gasteiger partial charge in [0.15, 0.2) is 0 Å². The largest absolute Gasteiger partial charge is 0.328 e. The summed E-state index contributed by atoms with van der Waals surface area (Å²) in [5.41, 5.74) is 7.30.